The summed E-state index contributed by atoms with van der Waals surface area (Å²) in [5.74, 6) is 0.697. The molecule has 0 bridgehead atoms. The van der Waals surface area contributed by atoms with Gasteiger partial charge in [-0.15, -0.1) is 0 Å². The van der Waals surface area contributed by atoms with Crippen LogP contribution in [0.2, 0.25) is 0 Å². The van der Waals surface area contributed by atoms with Crippen LogP contribution in [0.5, 0.6) is 0 Å². The molecule has 0 spiro atoms. The molecular weight excluding hydrogens is 178 g/mol. The highest BCUT2D eigenvalue weighted by molar-refractivity contribution is 5.74. The average Bonchev–Trinajstić information content (AvgIpc) is 2.72. The molecule has 2 amide bonds. The summed E-state index contributed by atoms with van der Waals surface area (Å²) in [6, 6.07) is 0.672. The lowest BCUT2D eigenvalue weighted by atomic mass is 10.1. The van der Waals surface area contributed by atoms with E-state index in [0.29, 0.717) is 12.0 Å². The lowest BCUT2D eigenvalue weighted by molar-refractivity contribution is 0.205. The molecule has 2 fully saturated rings. The highest BCUT2D eigenvalue weighted by Gasteiger charge is 2.37. The van der Waals surface area contributed by atoms with E-state index in [2.05, 4.69) is 17.6 Å². The standard InChI is InChI=1S/C10H19N3O/c1-2-4-12-10(14)13-6-8-3-5-11-9(8)7-13/h8-9,11H,2-7H2,1H3,(H,12,14). The number of amides is 2. The first kappa shape index (κ1) is 9.77. The maximum absolute atomic E-state index is 11.6. The SMILES string of the molecule is CCCNC(=O)N1CC2CCNC2C1. The fourth-order valence-electron chi connectivity index (χ4n) is 2.36. The summed E-state index contributed by atoms with van der Waals surface area (Å²) in [4.78, 5) is 13.6. The minimum Gasteiger partial charge on any atom is -0.338 e. The zero-order chi connectivity index (χ0) is 9.97. The van der Waals surface area contributed by atoms with Crippen LogP contribution in [0.4, 0.5) is 4.79 Å². The van der Waals surface area contributed by atoms with E-state index in [9.17, 15) is 4.79 Å². The summed E-state index contributed by atoms with van der Waals surface area (Å²) in [5, 5.41) is 6.36. The lowest BCUT2D eigenvalue weighted by Crippen LogP contribution is -2.40. The van der Waals surface area contributed by atoms with Crippen molar-refractivity contribution < 1.29 is 4.79 Å². The zero-order valence-corrected chi connectivity index (χ0v) is 8.75. The summed E-state index contributed by atoms with van der Waals surface area (Å²) in [6.45, 7) is 5.81. The van der Waals surface area contributed by atoms with Crippen LogP contribution in [0.1, 0.15) is 19.8 Å². The second kappa shape index (κ2) is 4.17. The molecule has 0 radical (unpaired) electrons. The molecule has 0 aromatic carbocycles. The first-order valence-corrected chi connectivity index (χ1v) is 5.57. The Hall–Kier alpha value is -0.770. The van der Waals surface area contributed by atoms with Crippen LogP contribution in [0, 0.1) is 5.92 Å². The van der Waals surface area contributed by atoms with Crippen molar-refractivity contribution in [2.75, 3.05) is 26.2 Å². The third-order valence-electron chi connectivity index (χ3n) is 3.18. The first-order valence-electron chi connectivity index (χ1n) is 5.57. The molecule has 2 aliphatic rings. The topological polar surface area (TPSA) is 44.4 Å². The number of rotatable bonds is 2. The van der Waals surface area contributed by atoms with E-state index in [4.69, 9.17) is 0 Å². The fraction of sp³-hybridized carbons (Fsp3) is 0.900. The summed E-state index contributed by atoms with van der Waals surface area (Å²) in [6.07, 6.45) is 2.23. The van der Waals surface area contributed by atoms with E-state index >= 15 is 0 Å². The predicted molar refractivity (Wildman–Crippen MR) is 55.2 cm³/mol. The molecule has 2 heterocycles. The minimum atomic E-state index is 0.114. The largest absolute Gasteiger partial charge is 0.338 e. The van der Waals surface area contributed by atoms with Crippen molar-refractivity contribution in [1.29, 1.82) is 0 Å². The summed E-state index contributed by atoms with van der Waals surface area (Å²) < 4.78 is 0. The Morgan fingerprint density at radius 3 is 3.14 bits per heavy atom. The van der Waals surface area contributed by atoms with Crippen LogP contribution in [-0.2, 0) is 0 Å². The molecule has 0 saturated carbocycles. The monoisotopic (exact) mass is 197 g/mol. The van der Waals surface area contributed by atoms with Gasteiger partial charge in [0.2, 0.25) is 0 Å². The number of fused-ring (bicyclic) bond motifs is 1. The maximum Gasteiger partial charge on any atom is 0.317 e. The van der Waals surface area contributed by atoms with E-state index in [1.165, 1.54) is 6.42 Å². The quantitative estimate of drug-likeness (QED) is 0.673. The van der Waals surface area contributed by atoms with Crippen molar-refractivity contribution in [3.05, 3.63) is 0 Å². The normalized spacial score (nSPS) is 30.5. The van der Waals surface area contributed by atoms with Crippen LogP contribution in [-0.4, -0.2) is 43.2 Å². The molecule has 2 atom stereocenters. The molecule has 2 rings (SSSR count). The second-order valence-electron chi connectivity index (χ2n) is 4.25. The number of nitrogens with one attached hydrogen (secondary N) is 2. The Morgan fingerprint density at radius 2 is 2.43 bits per heavy atom. The van der Waals surface area contributed by atoms with Gasteiger partial charge in [0.1, 0.15) is 0 Å². The number of urea groups is 1. The third kappa shape index (κ3) is 1.85. The van der Waals surface area contributed by atoms with Crippen molar-refractivity contribution >= 4 is 6.03 Å². The Labute approximate surface area is 85.0 Å². The Morgan fingerprint density at radius 1 is 1.57 bits per heavy atom. The van der Waals surface area contributed by atoms with Crippen molar-refractivity contribution in [1.82, 2.24) is 15.5 Å². The molecule has 2 N–H and O–H groups in total. The predicted octanol–water partition coefficient (Wildman–Crippen LogP) is 0.400. The molecular formula is C10H19N3O. The van der Waals surface area contributed by atoms with Crippen LogP contribution >= 0.6 is 0 Å². The molecule has 14 heavy (non-hydrogen) atoms. The van der Waals surface area contributed by atoms with Gasteiger partial charge in [-0.05, 0) is 25.3 Å². The van der Waals surface area contributed by atoms with Gasteiger partial charge in [-0.3, -0.25) is 0 Å². The van der Waals surface area contributed by atoms with Gasteiger partial charge >= 0.3 is 6.03 Å². The molecule has 4 nitrogen and oxygen atoms in total. The van der Waals surface area contributed by atoms with Crippen LogP contribution in [0.15, 0.2) is 0 Å². The maximum atomic E-state index is 11.6. The van der Waals surface area contributed by atoms with E-state index in [1.807, 2.05) is 4.90 Å². The Kier molecular flexibility index (Phi) is 2.91. The second-order valence-corrected chi connectivity index (χ2v) is 4.25. The third-order valence-corrected chi connectivity index (χ3v) is 3.18. The average molecular weight is 197 g/mol. The number of hydrogen-bond donors (Lipinski definition) is 2. The van der Waals surface area contributed by atoms with Crippen molar-refractivity contribution in [3.8, 4) is 0 Å². The Balaban J connectivity index is 1.80. The van der Waals surface area contributed by atoms with Gasteiger partial charge in [-0.1, -0.05) is 6.92 Å². The minimum absolute atomic E-state index is 0.114. The van der Waals surface area contributed by atoms with Crippen molar-refractivity contribution in [3.63, 3.8) is 0 Å². The van der Waals surface area contributed by atoms with Gasteiger partial charge in [0.05, 0.1) is 0 Å². The number of hydrogen-bond acceptors (Lipinski definition) is 2. The smallest absolute Gasteiger partial charge is 0.317 e. The van der Waals surface area contributed by atoms with E-state index < -0.39 is 0 Å². The van der Waals surface area contributed by atoms with Gasteiger partial charge < -0.3 is 15.5 Å². The highest BCUT2D eigenvalue weighted by Crippen LogP contribution is 2.24. The summed E-state index contributed by atoms with van der Waals surface area (Å²) in [5.41, 5.74) is 0. The molecule has 2 aliphatic heterocycles. The molecule has 80 valence electrons. The zero-order valence-electron chi connectivity index (χ0n) is 8.75. The summed E-state index contributed by atoms with van der Waals surface area (Å²) in [7, 11) is 0. The van der Waals surface area contributed by atoms with E-state index in [1.54, 1.807) is 0 Å². The summed E-state index contributed by atoms with van der Waals surface area (Å²) >= 11 is 0. The highest BCUT2D eigenvalue weighted by atomic mass is 16.2. The Bertz CT molecular complexity index is 207. The first-order chi connectivity index (χ1) is 6.81. The van der Waals surface area contributed by atoms with E-state index in [0.717, 1.165) is 32.6 Å². The van der Waals surface area contributed by atoms with Gasteiger partial charge in [0.15, 0.2) is 0 Å². The molecule has 0 aromatic heterocycles. The molecule has 4 heteroatoms. The van der Waals surface area contributed by atoms with Crippen molar-refractivity contribution in [2.45, 2.75) is 25.8 Å². The molecule has 0 aromatic rings. The van der Waals surface area contributed by atoms with Crippen molar-refractivity contribution in [2.24, 2.45) is 5.92 Å². The molecule has 2 saturated heterocycles. The van der Waals surface area contributed by atoms with Gasteiger partial charge in [0, 0.05) is 25.7 Å². The van der Waals surface area contributed by atoms with Gasteiger partial charge in [-0.2, -0.15) is 0 Å². The van der Waals surface area contributed by atoms with Gasteiger partial charge in [0.25, 0.3) is 0 Å². The van der Waals surface area contributed by atoms with E-state index in [-0.39, 0.29) is 6.03 Å². The van der Waals surface area contributed by atoms with Crippen LogP contribution in [0.3, 0.4) is 0 Å². The number of carbonyl (C=O) groups is 1. The van der Waals surface area contributed by atoms with Gasteiger partial charge in [-0.25, -0.2) is 4.79 Å². The van der Waals surface area contributed by atoms with Crippen LogP contribution in [0.25, 0.3) is 0 Å². The lowest BCUT2D eigenvalue weighted by Gasteiger charge is -2.17. The number of carbonyl (C=O) groups excluding carboxylic acids is 1. The number of nitrogens with zero attached hydrogens (tertiary/aromatic N) is 1. The molecule has 2 unspecified atom stereocenters. The molecule has 0 aliphatic carbocycles. The number of likely N-dealkylation sites (tertiary alicyclic amines) is 1. The fourth-order valence-corrected chi connectivity index (χ4v) is 2.36. The van der Waals surface area contributed by atoms with Crippen LogP contribution < -0.4 is 10.6 Å².